The van der Waals surface area contributed by atoms with Crippen molar-refractivity contribution in [1.29, 1.82) is 0 Å². The van der Waals surface area contributed by atoms with Crippen LogP contribution in [0.25, 0.3) is 0 Å². The third-order valence-corrected chi connectivity index (χ3v) is 2.48. The van der Waals surface area contributed by atoms with Gasteiger partial charge in [-0.3, -0.25) is 4.79 Å². The first-order valence-electron chi connectivity index (χ1n) is 6.01. The Hall–Kier alpha value is -2.44. The second-order valence-corrected chi connectivity index (χ2v) is 4.29. The average Bonchev–Trinajstić information content (AvgIpc) is 2.84. The molecule has 0 spiro atoms. The summed E-state index contributed by atoms with van der Waals surface area (Å²) in [5.41, 5.74) is 0.424. The normalized spacial score (nSPS) is 11.2. The van der Waals surface area contributed by atoms with Crippen LogP contribution in [0.3, 0.4) is 0 Å². The molecule has 7 heteroatoms. The van der Waals surface area contributed by atoms with Gasteiger partial charge in [0.1, 0.15) is 11.5 Å². The number of ether oxygens (including phenoxy) is 1. The topological polar surface area (TPSA) is 51.5 Å². The molecule has 2 aromatic rings. The predicted octanol–water partition coefficient (Wildman–Crippen LogP) is 3.78. The molecule has 1 aromatic carbocycles. The van der Waals surface area contributed by atoms with E-state index >= 15 is 0 Å². The van der Waals surface area contributed by atoms with E-state index in [4.69, 9.17) is 4.42 Å². The van der Waals surface area contributed by atoms with Crippen LogP contribution in [-0.4, -0.2) is 18.7 Å². The lowest BCUT2D eigenvalue weighted by molar-refractivity contribution is -0.153. The third-order valence-electron chi connectivity index (χ3n) is 2.48. The minimum atomic E-state index is -4.38. The van der Waals surface area contributed by atoms with Crippen LogP contribution in [0, 0.1) is 6.92 Å². The highest BCUT2D eigenvalue weighted by atomic mass is 19.4. The SMILES string of the molecule is Cc1ccc(C(=O)Nc2ccc(OCC(F)(F)F)cc2)o1. The van der Waals surface area contributed by atoms with Crippen molar-refractivity contribution in [3.05, 3.63) is 47.9 Å². The molecule has 0 saturated carbocycles. The summed E-state index contributed by atoms with van der Waals surface area (Å²) < 4.78 is 45.7. The summed E-state index contributed by atoms with van der Waals surface area (Å²) in [5, 5.41) is 2.56. The van der Waals surface area contributed by atoms with Crippen molar-refractivity contribution in [2.45, 2.75) is 13.1 Å². The lowest BCUT2D eigenvalue weighted by Gasteiger charge is -2.09. The number of alkyl halides is 3. The number of nitrogens with one attached hydrogen (secondary N) is 1. The van der Waals surface area contributed by atoms with Gasteiger partial charge in [0.15, 0.2) is 12.4 Å². The zero-order valence-electron chi connectivity index (χ0n) is 11.0. The first-order valence-corrected chi connectivity index (χ1v) is 6.01. The molecule has 0 saturated heterocycles. The monoisotopic (exact) mass is 299 g/mol. The number of amides is 1. The first-order chi connectivity index (χ1) is 9.83. The number of hydrogen-bond acceptors (Lipinski definition) is 3. The summed E-state index contributed by atoms with van der Waals surface area (Å²) in [5.74, 6) is 0.396. The van der Waals surface area contributed by atoms with E-state index in [0.717, 1.165) is 0 Å². The number of furan rings is 1. The maximum atomic E-state index is 12.0. The smallest absolute Gasteiger partial charge is 0.422 e. The van der Waals surface area contributed by atoms with Crippen LogP contribution in [0.5, 0.6) is 5.75 Å². The summed E-state index contributed by atoms with van der Waals surface area (Å²) in [7, 11) is 0. The molecule has 1 heterocycles. The highest BCUT2D eigenvalue weighted by Gasteiger charge is 2.28. The largest absolute Gasteiger partial charge is 0.484 e. The van der Waals surface area contributed by atoms with E-state index in [1.165, 1.54) is 30.3 Å². The Bertz CT molecular complexity index is 617. The van der Waals surface area contributed by atoms with Gasteiger partial charge < -0.3 is 14.5 Å². The average molecular weight is 299 g/mol. The zero-order chi connectivity index (χ0) is 15.5. The molecule has 112 valence electrons. The van der Waals surface area contributed by atoms with E-state index < -0.39 is 18.7 Å². The van der Waals surface area contributed by atoms with Gasteiger partial charge >= 0.3 is 6.18 Å². The van der Waals surface area contributed by atoms with E-state index in [1.807, 2.05) is 0 Å². The van der Waals surface area contributed by atoms with Gasteiger partial charge in [0.25, 0.3) is 5.91 Å². The van der Waals surface area contributed by atoms with Crippen LogP contribution in [-0.2, 0) is 0 Å². The van der Waals surface area contributed by atoms with Crippen LogP contribution < -0.4 is 10.1 Å². The van der Waals surface area contributed by atoms with E-state index in [0.29, 0.717) is 11.4 Å². The van der Waals surface area contributed by atoms with Gasteiger partial charge in [-0.05, 0) is 43.3 Å². The number of carbonyl (C=O) groups excluding carboxylic acids is 1. The molecule has 0 radical (unpaired) electrons. The summed E-state index contributed by atoms with van der Waals surface area (Å²) in [4.78, 5) is 11.8. The Balaban J connectivity index is 1.94. The molecule has 0 fully saturated rings. The molecule has 21 heavy (non-hydrogen) atoms. The van der Waals surface area contributed by atoms with Gasteiger partial charge in [0.2, 0.25) is 0 Å². The van der Waals surface area contributed by atoms with Crippen LogP contribution >= 0.6 is 0 Å². The third kappa shape index (κ3) is 4.55. The standard InChI is InChI=1S/C14H12F3NO3/c1-9-2-7-12(21-9)13(19)18-10-3-5-11(6-4-10)20-8-14(15,16)17/h2-7H,8H2,1H3,(H,18,19). The molecule has 2 rings (SSSR count). The molecule has 0 aliphatic rings. The van der Waals surface area contributed by atoms with Crippen molar-refractivity contribution in [3.8, 4) is 5.75 Å². The summed E-state index contributed by atoms with van der Waals surface area (Å²) in [6.45, 7) is 0.355. The Morgan fingerprint density at radius 3 is 2.38 bits per heavy atom. The summed E-state index contributed by atoms with van der Waals surface area (Å²) >= 11 is 0. The van der Waals surface area contributed by atoms with Crippen LogP contribution in [0.2, 0.25) is 0 Å². The van der Waals surface area contributed by atoms with Gasteiger partial charge in [-0.1, -0.05) is 0 Å². The van der Waals surface area contributed by atoms with Gasteiger partial charge in [-0.15, -0.1) is 0 Å². The van der Waals surface area contributed by atoms with Crippen molar-refractivity contribution in [2.24, 2.45) is 0 Å². The minimum absolute atomic E-state index is 0.0687. The number of aryl methyl sites for hydroxylation is 1. The maximum Gasteiger partial charge on any atom is 0.422 e. The second-order valence-electron chi connectivity index (χ2n) is 4.29. The Kier molecular flexibility index (Phi) is 4.21. The van der Waals surface area contributed by atoms with Crippen molar-refractivity contribution in [1.82, 2.24) is 0 Å². The highest BCUT2D eigenvalue weighted by Crippen LogP contribution is 2.20. The van der Waals surface area contributed by atoms with E-state index in [1.54, 1.807) is 13.0 Å². The Morgan fingerprint density at radius 2 is 1.86 bits per heavy atom. The fourth-order valence-electron chi connectivity index (χ4n) is 1.55. The van der Waals surface area contributed by atoms with Crippen LogP contribution in [0.4, 0.5) is 18.9 Å². The highest BCUT2D eigenvalue weighted by molar-refractivity contribution is 6.02. The Labute approximate surface area is 118 Å². The number of hydrogen-bond donors (Lipinski definition) is 1. The quantitative estimate of drug-likeness (QED) is 0.934. The van der Waals surface area contributed by atoms with E-state index in [2.05, 4.69) is 10.1 Å². The number of rotatable bonds is 4. The van der Waals surface area contributed by atoms with Crippen LogP contribution in [0.1, 0.15) is 16.3 Å². The van der Waals surface area contributed by atoms with Crippen molar-refractivity contribution >= 4 is 11.6 Å². The maximum absolute atomic E-state index is 12.0. The number of anilines is 1. The molecule has 0 atom stereocenters. The van der Waals surface area contributed by atoms with Crippen molar-refractivity contribution in [2.75, 3.05) is 11.9 Å². The fraction of sp³-hybridized carbons (Fsp3) is 0.214. The summed E-state index contributed by atoms with van der Waals surface area (Å²) in [6, 6.07) is 8.76. The first kappa shape index (κ1) is 15.0. The van der Waals surface area contributed by atoms with Crippen molar-refractivity contribution in [3.63, 3.8) is 0 Å². The Morgan fingerprint density at radius 1 is 1.19 bits per heavy atom. The molecule has 0 bridgehead atoms. The van der Waals surface area contributed by atoms with Crippen LogP contribution in [0.15, 0.2) is 40.8 Å². The lowest BCUT2D eigenvalue weighted by atomic mass is 10.3. The van der Waals surface area contributed by atoms with Gasteiger partial charge in [0, 0.05) is 5.69 Å². The second kappa shape index (κ2) is 5.90. The van der Waals surface area contributed by atoms with E-state index in [-0.39, 0.29) is 11.5 Å². The molecular weight excluding hydrogens is 287 g/mol. The summed E-state index contributed by atoms with van der Waals surface area (Å²) in [6.07, 6.45) is -4.38. The molecule has 4 nitrogen and oxygen atoms in total. The van der Waals surface area contributed by atoms with E-state index in [9.17, 15) is 18.0 Å². The van der Waals surface area contributed by atoms with Gasteiger partial charge in [-0.25, -0.2) is 0 Å². The predicted molar refractivity (Wildman–Crippen MR) is 69.4 cm³/mol. The van der Waals surface area contributed by atoms with Crippen molar-refractivity contribution < 1.29 is 27.1 Å². The molecule has 0 aliphatic carbocycles. The number of benzene rings is 1. The van der Waals surface area contributed by atoms with Gasteiger partial charge in [-0.2, -0.15) is 13.2 Å². The molecular formula is C14H12F3NO3. The lowest BCUT2D eigenvalue weighted by Crippen LogP contribution is -2.19. The zero-order valence-corrected chi connectivity index (χ0v) is 11.0. The number of halogens is 3. The minimum Gasteiger partial charge on any atom is -0.484 e. The molecule has 0 aliphatic heterocycles. The fourth-order valence-corrected chi connectivity index (χ4v) is 1.55. The molecule has 1 aromatic heterocycles. The molecule has 1 N–H and O–H groups in total. The van der Waals surface area contributed by atoms with Gasteiger partial charge in [0.05, 0.1) is 0 Å². The molecule has 1 amide bonds. The molecule has 0 unspecified atom stereocenters. The number of carbonyl (C=O) groups is 1.